The van der Waals surface area contributed by atoms with Gasteiger partial charge in [0.1, 0.15) is 23.3 Å². The average Bonchev–Trinajstić information content (AvgIpc) is 2.64. The van der Waals surface area contributed by atoms with Crippen molar-refractivity contribution in [1.82, 2.24) is 0 Å². The van der Waals surface area contributed by atoms with Crippen LogP contribution in [0.2, 0.25) is 0 Å². The zero-order chi connectivity index (χ0) is 12.4. The first kappa shape index (κ1) is 12.1. The Bertz CT molecular complexity index is 519. The van der Waals surface area contributed by atoms with Gasteiger partial charge in [-0.1, -0.05) is 0 Å². The molecule has 17 heavy (non-hydrogen) atoms. The van der Waals surface area contributed by atoms with Crippen LogP contribution in [0.4, 0.5) is 4.39 Å². The van der Waals surface area contributed by atoms with Crippen molar-refractivity contribution in [3.8, 4) is 0 Å². The number of fused-ring (bicyclic) bond motifs is 1. The zero-order valence-electron chi connectivity index (χ0n) is 9.87. The maximum absolute atomic E-state index is 13.1. The van der Waals surface area contributed by atoms with Crippen molar-refractivity contribution in [1.29, 1.82) is 0 Å². The molecule has 0 saturated carbocycles. The van der Waals surface area contributed by atoms with Crippen LogP contribution in [-0.4, -0.2) is 18.3 Å². The first-order valence-corrected chi connectivity index (χ1v) is 5.57. The molecule has 0 amide bonds. The topological polar surface area (TPSA) is 42.6 Å². The number of ether oxygens (including phenoxy) is 1. The molecule has 1 heterocycles. The highest BCUT2D eigenvalue weighted by atomic mass is 19.1. The SMILES string of the molecule is CCOCC(O)c1oc2ccc(F)cc2c1C. The number of halogens is 1. The van der Waals surface area contributed by atoms with Crippen LogP contribution in [0.3, 0.4) is 0 Å². The van der Waals surface area contributed by atoms with Crippen LogP contribution >= 0.6 is 0 Å². The Kier molecular flexibility index (Phi) is 3.45. The Balaban J connectivity index is 2.38. The van der Waals surface area contributed by atoms with Gasteiger partial charge in [-0.2, -0.15) is 0 Å². The van der Waals surface area contributed by atoms with E-state index < -0.39 is 6.10 Å². The van der Waals surface area contributed by atoms with Gasteiger partial charge in [0.2, 0.25) is 0 Å². The highest BCUT2D eigenvalue weighted by Crippen LogP contribution is 2.30. The molecule has 3 nitrogen and oxygen atoms in total. The molecule has 0 saturated heterocycles. The standard InChI is InChI=1S/C13H15FO3/c1-3-16-7-11(15)13-8(2)10-6-9(14)4-5-12(10)17-13/h4-6,11,15H,3,7H2,1-2H3. The van der Waals surface area contributed by atoms with Crippen LogP contribution in [-0.2, 0) is 4.74 Å². The smallest absolute Gasteiger partial charge is 0.139 e. The molecule has 0 aliphatic carbocycles. The van der Waals surface area contributed by atoms with Gasteiger partial charge in [0.05, 0.1) is 6.61 Å². The van der Waals surface area contributed by atoms with Gasteiger partial charge in [0.15, 0.2) is 0 Å². The quantitative estimate of drug-likeness (QED) is 0.890. The van der Waals surface area contributed by atoms with Crippen LogP contribution < -0.4 is 0 Å². The van der Waals surface area contributed by atoms with E-state index >= 15 is 0 Å². The molecule has 1 atom stereocenters. The highest BCUT2D eigenvalue weighted by molar-refractivity contribution is 5.82. The lowest BCUT2D eigenvalue weighted by Crippen LogP contribution is -2.07. The minimum atomic E-state index is -0.814. The third kappa shape index (κ3) is 2.33. The second kappa shape index (κ2) is 4.85. The molecule has 2 aromatic rings. The molecule has 2 rings (SSSR count). The third-order valence-electron chi connectivity index (χ3n) is 2.72. The number of hydrogen-bond donors (Lipinski definition) is 1. The van der Waals surface area contributed by atoms with E-state index in [0.29, 0.717) is 23.3 Å². The van der Waals surface area contributed by atoms with Crippen molar-refractivity contribution in [2.45, 2.75) is 20.0 Å². The number of aliphatic hydroxyl groups is 1. The maximum atomic E-state index is 13.1. The molecule has 0 bridgehead atoms. The first-order chi connectivity index (χ1) is 8.13. The zero-order valence-corrected chi connectivity index (χ0v) is 9.87. The summed E-state index contributed by atoms with van der Waals surface area (Å²) in [5, 5.41) is 10.6. The van der Waals surface area contributed by atoms with Crippen molar-refractivity contribution in [2.75, 3.05) is 13.2 Å². The fraction of sp³-hybridized carbons (Fsp3) is 0.385. The lowest BCUT2D eigenvalue weighted by Gasteiger charge is -2.08. The maximum Gasteiger partial charge on any atom is 0.139 e. The van der Waals surface area contributed by atoms with Gasteiger partial charge in [0, 0.05) is 17.6 Å². The summed E-state index contributed by atoms with van der Waals surface area (Å²) in [5.41, 5.74) is 1.33. The average molecular weight is 238 g/mol. The summed E-state index contributed by atoms with van der Waals surface area (Å²) in [7, 11) is 0. The van der Waals surface area contributed by atoms with Crippen molar-refractivity contribution < 1.29 is 18.7 Å². The largest absolute Gasteiger partial charge is 0.458 e. The molecule has 0 aliphatic heterocycles. The number of hydrogen-bond acceptors (Lipinski definition) is 3. The predicted octanol–water partition coefficient (Wildman–Crippen LogP) is 2.95. The van der Waals surface area contributed by atoms with Gasteiger partial charge in [-0.15, -0.1) is 0 Å². The van der Waals surface area contributed by atoms with E-state index in [1.54, 1.807) is 13.0 Å². The van der Waals surface area contributed by atoms with E-state index in [0.717, 1.165) is 5.56 Å². The van der Waals surface area contributed by atoms with Gasteiger partial charge in [-0.05, 0) is 32.0 Å². The molecule has 0 fully saturated rings. The van der Waals surface area contributed by atoms with Crippen molar-refractivity contribution in [2.24, 2.45) is 0 Å². The molecule has 1 aromatic carbocycles. The number of furan rings is 1. The molecule has 0 spiro atoms. The van der Waals surface area contributed by atoms with Gasteiger partial charge < -0.3 is 14.3 Å². The molecular formula is C13H15FO3. The summed E-state index contributed by atoms with van der Waals surface area (Å²) < 4.78 is 23.8. The predicted molar refractivity (Wildman–Crippen MR) is 62.4 cm³/mol. The summed E-state index contributed by atoms with van der Waals surface area (Å²) in [6.45, 7) is 4.37. The fourth-order valence-corrected chi connectivity index (χ4v) is 1.84. The van der Waals surface area contributed by atoms with Gasteiger partial charge in [0.25, 0.3) is 0 Å². The molecule has 0 radical (unpaired) electrons. The normalized spacial score (nSPS) is 13.2. The Morgan fingerprint density at radius 1 is 1.47 bits per heavy atom. The molecule has 4 heteroatoms. The molecule has 1 aromatic heterocycles. The van der Waals surface area contributed by atoms with E-state index in [-0.39, 0.29) is 12.4 Å². The number of aliphatic hydroxyl groups excluding tert-OH is 1. The number of benzene rings is 1. The van der Waals surface area contributed by atoms with E-state index in [9.17, 15) is 9.50 Å². The van der Waals surface area contributed by atoms with Crippen LogP contribution in [0.5, 0.6) is 0 Å². The summed E-state index contributed by atoms with van der Waals surface area (Å²) in [5.74, 6) is 0.131. The minimum absolute atomic E-state index is 0.180. The Labute approximate surface area is 98.8 Å². The molecule has 92 valence electrons. The molecule has 1 unspecified atom stereocenters. The summed E-state index contributed by atoms with van der Waals surface area (Å²) in [6.07, 6.45) is -0.814. The fourth-order valence-electron chi connectivity index (χ4n) is 1.84. The minimum Gasteiger partial charge on any atom is -0.458 e. The summed E-state index contributed by atoms with van der Waals surface area (Å²) >= 11 is 0. The number of aryl methyl sites for hydroxylation is 1. The van der Waals surface area contributed by atoms with Crippen LogP contribution in [0.15, 0.2) is 22.6 Å². The second-order valence-corrected chi connectivity index (χ2v) is 3.91. The van der Waals surface area contributed by atoms with E-state index in [4.69, 9.17) is 9.15 Å². The lowest BCUT2D eigenvalue weighted by molar-refractivity contribution is 0.0307. The Morgan fingerprint density at radius 2 is 2.24 bits per heavy atom. The Hall–Kier alpha value is -1.39. The Morgan fingerprint density at radius 3 is 2.94 bits per heavy atom. The molecule has 0 aliphatic rings. The highest BCUT2D eigenvalue weighted by Gasteiger charge is 2.18. The number of rotatable bonds is 4. The van der Waals surface area contributed by atoms with Crippen molar-refractivity contribution in [3.63, 3.8) is 0 Å². The van der Waals surface area contributed by atoms with Crippen LogP contribution in [0, 0.1) is 12.7 Å². The van der Waals surface area contributed by atoms with Crippen molar-refractivity contribution in [3.05, 3.63) is 35.3 Å². The van der Waals surface area contributed by atoms with E-state index in [2.05, 4.69) is 0 Å². The van der Waals surface area contributed by atoms with E-state index in [1.807, 2.05) is 6.92 Å². The second-order valence-electron chi connectivity index (χ2n) is 3.91. The lowest BCUT2D eigenvalue weighted by atomic mass is 10.1. The summed E-state index contributed by atoms with van der Waals surface area (Å²) in [6, 6.07) is 4.31. The van der Waals surface area contributed by atoms with Gasteiger partial charge in [-0.3, -0.25) is 0 Å². The summed E-state index contributed by atoms with van der Waals surface area (Å²) in [4.78, 5) is 0. The van der Waals surface area contributed by atoms with Gasteiger partial charge in [-0.25, -0.2) is 4.39 Å². The molecule has 1 N–H and O–H groups in total. The van der Waals surface area contributed by atoms with Crippen molar-refractivity contribution >= 4 is 11.0 Å². The first-order valence-electron chi connectivity index (χ1n) is 5.57. The monoisotopic (exact) mass is 238 g/mol. The van der Waals surface area contributed by atoms with Crippen LogP contribution in [0.25, 0.3) is 11.0 Å². The van der Waals surface area contributed by atoms with E-state index in [1.165, 1.54) is 12.1 Å². The van der Waals surface area contributed by atoms with Crippen LogP contribution in [0.1, 0.15) is 24.4 Å². The van der Waals surface area contributed by atoms with Gasteiger partial charge >= 0.3 is 0 Å². The molecular weight excluding hydrogens is 223 g/mol. The third-order valence-corrected chi connectivity index (χ3v) is 2.72.